The van der Waals surface area contributed by atoms with E-state index in [0.29, 0.717) is 15.8 Å². The van der Waals surface area contributed by atoms with Crippen LogP contribution in [0.15, 0.2) is 358 Å². The lowest BCUT2D eigenvalue weighted by molar-refractivity contribution is 0.585. The van der Waals surface area contributed by atoms with Crippen molar-refractivity contribution in [1.29, 1.82) is 0 Å². The number of halogens is 4. The van der Waals surface area contributed by atoms with E-state index in [2.05, 4.69) is 0 Å². The summed E-state index contributed by atoms with van der Waals surface area (Å²) in [5, 5.41) is 0. The van der Waals surface area contributed by atoms with E-state index in [9.17, 15) is 35.6 Å². The third-order valence-electron chi connectivity index (χ3n) is 20.8. The fourth-order valence-electron chi connectivity index (χ4n) is 16.9. The van der Waals surface area contributed by atoms with Gasteiger partial charge in [-0.15, -0.1) is 0 Å². The second kappa shape index (κ2) is 24.5. The minimum atomic E-state index is -1.99. The third-order valence-corrected chi connectivity index (χ3v) is 23.3. The zero-order valence-electron chi connectivity index (χ0n) is 97.5. The van der Waals surface area contributed by atoms with Crippen molar-refractivity contribution in [2.24, 2.45) is 0 Å². The highest BCUT2D eigenvalue weighted by atomic mass is 32.2. The molecule has 0 amide bonds. The second-order valence-electron chi connectivity index (χ2n) is 26.0. The minimum absolute atomic E-state index is 0.0250. The topological polar surface area (TPSA) is 13.0 Å². The Labute approximate surface area is 702 Å². The van der Waals surface area contributed by atoms with Crippen molar-refractivity contribution in [1.82, 2.24) is 0 Å². The van der Waals surface area contributed by atoms with Crippen LogP contribution in [-0.4, -0.2) is 26.9 Å². The Morgan fingerprint density at radius 1 is 0.236 bits per heavy atom. The smallest absolute Gasteiger partial charge is 0.252 e. The number of fused-ring (bicyclic) bond motifs is 20. The lowest BCUT2D eigenvalue weighted by Gasteiger charge is -2.50. The van der Waals surface area contributed by atoms with Crippen LogP contribution in [0.2, 0.25) is 0 Å². The standard InChI is InChI=1S/C54H32B2F2N2S.C42H24B2F2N2S/c57-41-27-16-28-42(58)51(41)60-45-31-13-9-25-39(45)55-37-23-7-11-29-43(37)59-44-30-12-8-24-38(44)56-40-26-10-14-32-46(40)61-54-48(52(60)49(55)53(59)50(54)56)47-35(33-17-3-1-4-18-33)21-15-22-36(47)34-19-5-2-6-20-34;45-30-19-12-20-31(46)39(30)48-34-23-10-6-17-28(34)43-26-15-4-8-21-32(26)47-33-22-9-5-16-27(33)44-29-18-7-11-24-35(29)49-42-36(25-13-2-1-3-14-25)40(48)37(43)41(47)38(42)44/h1-32H;1-24H/i1D,2D,3D,4D,5D,6D,7D,8D,9D,11D,12D,13D,15D,17D,18D,19D,20D,21D,22D,23D,24D,25D,29D,30D,31D;1D,2D,3D,4D,5D,6D,8D,9D,10D,13D,14D,15D,16D,17D,21D,22D,23D. The predicted octanol–water partition coefficient (Wildman–Crippen LogP) is 17.4. The summed E-state index contributed by atoms with van der Waals surface area (Å²) in [5.74, 6) is -5.36. The molecule has 110 heavy (non-hydrogen) atoms. The van der Waals surface area contributed by atoms with Gasteiger partial charge in [0.1, 0.15) is 34.6 Å². The molecule has 512 valence electrons. The van der Waals surface area contributed by atoms with Gasteiger partial charge < -0.3 is 19.6 Å². The van der Waals surface area contributed by atoms with Gasteiger partial charge >= 0.3 is 0 Å². The average Bonchev–Trinajstić information content (AvgIpc) is 0.651. The average molecular weight is 1490 g/mol. The molecule has 8 aliphatic heterocycles. The van der Waals surface area contributed by atoms with Crippen LogP contribution in [0.5, 0.6) is 0 Å². The Morgan fingerprint density at radius 2 is 0.536 bits per heavy atom. The number of hydrogen-bond donors (Lipinski definition) is 0. The summed E-state index contributed by atoms with van der Waals surface area (Å²) in [4.78, 5) is 4.59. The lowest BCUT2D eigenvalue weighted by Crippen LogP contribution is -2.68. The quantitative estimate of drug-likeness (QED) is 0.121. The molecule has 8 heterocycles. The van der Waals surface area contributed by atoms with Gasteiger partial charge in [-0.1, -0.05) is 301 Å². The van der Waals surface area contributed by atoms with E-state index in [1.807, 2.05) is 0 Å². The summed E-state index contributed by atoms with van der Waals surface area (Å²) in [6.45, 7) is -6.35. The number of anilines is 12. The highest BCUT2D eigenvalue weighted by molar-refractivity contribution is 8.00. The maximum Gasteiger partial charge on any atom is 0.252 e. The van der Waals surface area contributed by atoms with Crippen molar-refractivity contribution in [3.05, 3.63) is 362 Å². The third kappa shape index (κ3) is 8.88. The Kier molecular flexibility index (Phi) is 7.73. The van der Waals surface area contributed by atoms with Crippen LogP contribution in [0.25, 0.3) is 44.5 Å². The minimum Gasteiger partial charge on any atom is -0.312 e. The molecule has 0 bridgehead atoms. The Morgan fingerprint density at radius 3 is 0.909 bits per heavy atom. The van der Waals surface area contributed by atoms with E-state index in [-0.39, 0.29) is 86.9 Å². The number of para-hydroxylation sites is 8. The Bertz CT molecular complexity index is 9110. The molecule has 16 aromatic rings. The van der Waals surface area contributed by atoms with Crippen LogP contribution < -0.4 is 85.2 Å². The van der Waals surface area contributed by atoms with Crippen molar-refractivity contribution >= 4 is 184 Å². The molecule has 0 saturated carbocycles. The summed E-state index contributed by atoms with van der Waals surface area (Å²) in [6, 6.07) is -17.9. The monoisotopic (exact) mass is 1490 g/mol. The SMILES string of the molecule is [2H]c1c([2H])c([2H])c(-c2c([2H])c([2H])c([2H])c(-c3c([2H])c([2H])c([2H])c([2H])c3[2H])c2-c2c3c4c5c6c2N(c2c(F)cccc2F)c2c([2H])c([2H])c([2H])c([2H])c2B6c2c([2H])c([2H])c([2H])c([2H])c2N5c2c([2H])c([2H])c([2H])c([2H])c2B4c2ccccc2S3)c([2H])c1[2H].[2H]c1c([2H])c([2H])c(-c2c3c4c5c6c2N(c2c(F)cccc2F)c2c([2H])c([2H])c([2H])c([2H])c2B6c2c([2H])c([2H])c([2H])c([2H])c2N5c2c([2H])c([2H])c([2H])c([2H])c2B4c2ccccc2S3)c([2H])c1[2H]. The number of rotatable bonds is 6. The maximum absolute atomic E-state index is 17.7. The largest absolute Gasteiger partial charge is 0.312 e. The van der Waals surface area contributed by atoms with Crippen LogP contribution in [0.4, 0.5) is 85.8 Å². The van der Waals surface area contributed by atoms with Crippen molar-refractivity contribution in [3.8, 4) is 44.5 Å². The van der Waals surface area contributed by atoms with Gasteiger partial charge in [-0.25, -0.2) is 17.6 Å². The fourth-order valence-corrected chi connectivity index (χ4v) is 19.5. The first kappa shape index (κ1) is 34.7. The first-order valence-electron chi connectivity index (χ1n) is 54.9. The molecule has 0 atom stereocenters. The highest BCUT2D eigenvalue weighted by Gasteiger charge is 2.55. The Balaban J connectivity index is 0.000000172. The molecule has 14 heteroatoms. The summed E-state index contributed by atoms with van der Waals surface area (Å²) < 4.78 is 460. The molecule has 0 aromatic heterocycles. The molecule has 8 aliphatic rings. The number of benzene rings is 16. The molecule has 4 nitrogen and oxygen atoms in total. The lowest BCUT2D eigenvalue weighted by atomic mass is 9.29. The van der Waals surface area contributed by atoms with Gasteiger partial charge in [0.2, 0.25) is 13.4 Å². The van der Waals surface area contributed by atoms with Crippen LogP contribution in [0.1, 0.15) is 57.6 Å². The summed E-state index contributed by atoms with van der Waals surface area (Å²) >= 11 is 1.84. The molecule has 0 aliphatic carbocycles. The summed E-state index contributed by atoms with van der Waals surface area (Å²) in [6.07, 6.45) is 0. The molecular weight excluding hydrogens is 1390 g/mol. The first-order valence-corrected chi connectivity index (χ1v) is 35.5. The van der Waals surface area contributed by atoms with Gasteiger partial charge in [0.15, 0.2) is 0 Å². The normalized spacial score (nSPS) is 19.1. The molecule has 0 fully saturated rings. The fraction of sp³-hybridized carbons (Fsp3) is 0. The van der Waals surface area contributed by atoms with Crippen LogP contribution >= 0.6 is 23.5 Å². The van der Waals surface area contributed by atoms with Crippen molar-refractivity contribution in [2.45, 2.75) is 19.6 Å². The number of hydrogen-bond acceptors (Lipinski definition) is 6. The molecule has 16 aromatic carbocycles. The molecule has 0 radical (unpaired) electrons. The molecule has 0 spiro atoms. The molecular formula is C96H56B4F4N4S2. The van der Waals surface area contributed by atoms with Crippen molar-refractivity contribution in [3.63, 3.8) is 0 Å². The summed E-state index contributed by atoms with van der Waals surface area (Å²) in [5.41, 5.74) is -13.5. The first-order chi connectivity index (χ1) is 71.8. The van der Waals surface area contributed by atoms with Gasteiger partial charge in [-0.3, -0.25) is 0 Å². The van der Waals surface area contributed by atoms with Crippen LogP contribution in [0, 0.1) is 23.3 Å². The van der Waals surface area contributed by atoms with Gasteiger partial charge in [0.05, 0.1) is 68.9 Å². The van der Waals surface area contributed by atoms with Crippen LogP contribution in [-0.2, 0) is 0 Å². The van der Waals surface area contributed by atoms with Crippen molar-refractivity contribution < 1.29 is 75.1 Å². The Hall–Kier alpha value is -12.6. The zero-order valence-corrected chi connectivity index (χ0v) is 57.1. The molecule has 24 rings (SSSR count). The van der Waals surface area contributed by atoms with Gasteiger partial charge in [0, 0.05) is 81.8 Å². The van der Waals surface area contributed by atoms with Gasteiger partial charge in [-0.05, 0) is 155 Å². The van der Waals surface area contributed by atoms with E-state index >= 15 is 17.6 Å². The van der Waals surface area contributed by atoms with E-state index < -0.39 is 399 Å². The van der Waals surface area contributed by atoms with Crippen molar-refractivity contribution in [2.75, 3.05) is 19.6 Å². The van der Waals surface area contributed by atoms with Gasteiger partial charge in [-0.2, -0.15) is 0 Å². The predicted molar refractivity (Wildman–Crippen MR) is 453 cm³/mol. The second-order valence-corrected chi connectivity index (χ2v) is 28.1. The van der Waals surface area contributed by atoms with E-state index in [1.54, 1.807) is 48.5 Å². The maximum atomic E-state index is 17.7. The van der Waals surface area contributed by atoms with E-state index in [0.717, 1.165) is 74.6 Å². The molecule has 0 N–H and O–H groups in total. The molecule has 0 unspecified atom stereocenters. The zero-order chi connectivity index (χ0) is 109. The highest BCUT2D eigenvalue weighted by Crippen LogP contribution is 2.59. The van der Waals surface area contributed by atoms with Crippen LogP contribution in [0.3, 0.4) is 0 Å². The molecule has 0 saturated heterocycles. The van der Waals surface area contributed by atoms with E-state index in [4.69, 9.17) is 21.9 Å². The summed E-state index contributed by atoms with van der Waals surface area (Å²) in [7, 11) is 0. The van der Waals surface area contributed by atoms with E-state index in [1.165, 1.54) is 4.90 Å². The van der Waals surface area contributed by atoms with Gasteiger partial charge in [0.25, 0.3) is 13.4 Å². The number of nitrogens with zero attached hydrogens (tertiary/aromatic N) is 4.